The number of hydrogen-bond acceptors (Lipinski definition) is 5. The van der Waals surface area contributed by atoms with Crippen molar-refractivity contribution in [3.8, 4) is 0 Å². The molecule has 0 atom stereocenters. The van der Waals surface area contributed by atoms with Gasteiger partial charge in [-0.2, -0.15) is 0 Å². The number of nitrogens with two attached hydrogens (primary N) is 1. The van der Waals surface area contributed by atoms with Gasteiger partial charge in [0.15, 0.2) is 0 Å². The first-order valence-electron chi connectivity index (χ1n) is 6.60. The molecule has 0 aliphatic heterocycles. The van der Waals surface area contributed by atoms with Crippen molar-refractivity contribution in [1.82, 2.24) is 4.98 Å². The third-order valence-electron chi connectivity index (χ3n) is 3.20. The fourth-order valence-corrected chi connectivity index (χ4v) is 2.04. The molecule has 2 aromatic rings. The van der Waals surface area contributed by atoms with Gasteiger partial charge in [-0.25, -0.2) is 4.98 Å². The van der Waals surface area contributed by atoms with Crippen LogP contribution in [0, 0.1) is 0 Å². The molecule has 0 saturated carbocycles. The molecule has 0 radical (unpaired) electrons. The zero-order chi connectivity index (χ0) is 14.5. The molecule has 0 aliphatic rings. The summed E-state index contributed by atoms with van der Waals surface area (Å²) in [5.41, 5.74) is 10.2. The fourth-order valence-electron chi connectivity index (χ4n) is 2.04. The lowest BCUT2D eigenvalue weighted by atomic mass is 10.1. The van der Waals surface area contributed by atoms with Gasteiger partial charge >= 0.3 is 0 Å². The third-order valence-corrected chi connectivity index (χ3v) is 3.20. The molecule has 1 heterocycles. The van der Waals surface area contributed by atoms with E-state index in [-0.39, 0.29) is 6.61 Å². The van der Waals surface area contributed by atoms with Crippen molar-refractivity contribution in [2.24, 2.45) is 0 Å². The maximum absolute atomic E-state index is 9.24. The van der Waals surface area contributed by atoms with Gasteiger partial charge < -0.3 is 21.5 Å². The first-order chi connectivity index (χ1) is 9.67. The van der Waals surface area contributed by atoms with E-state index in [0.717, 1.165) is 23.4 Å². The molecule has 0 amide bonds. The Morgan fingerprint density at radius 1 is 1.25 bits per heavy atom. The van der Waals surface area contributed by atoms with Crippen LogP contribution in [0.25, 0.3) is 0 Å². The minimum Gasteiger partial charge on any atom is -0.396 e. The second-order valence-electron chi connectivity index (χ2n) is 4.53. The predicted molar refractivity (Wildman–Crippen MR) is 83.2 cm³/mol. The molecule has 5 nitrogen and oxygen atoms in total. The van der Waals surface area contributed by atoms with Gasteiger partial charge in [-0.15, -0.1) is 0 Å². The summed E-state index contributed by atoms with van der Waals surface area (Å²) in [5, 5.41) is 15.6. The zero-order valence-electron chi connectivity index (χ0n) is 11.8. The van der Waals surface area contributed by atoms with Crippen molar-refractivity contribution in [3.63, 3.8) is 0 Å². The maximum Gasteiger partial charge on any atom is 0.132 e. The number of aliphatic hydroxyl groups is 1. The molecule has 2 rings (SSSR count). The van der Waals surface area contributed by atoms with E-state index < -0.39 is 0 Å². The molecule has 20 heavy (non-hydrogen) atoms. The van der Waals surface area contributed by atoms with E-state index in [4.69, 9.17) is 5.73 Å². The first-order valence-corrected chi connectivity index (χ1v) is 6.60. The lowest BCUT2D eigenvalue weighted by molar-refractivity contribution is 0.282. The smallest absolute Gasteiger partial charge is 0.132 e. The van der Waals surface area contributed by atoms with Crippen LogP contribution in [-0.2, 0) is 13.0 Å². The van der Waals surface area contributed by atoms with E-state index in [1.807, 2.05) is 31.3 Å². The Bertz CT molecular complexity index is 598. The van der Waals surface area contributed by atoms with Crippen molar-refractivity contribution in [2.75, 3.05) is 23.4 Å². The van der Waals surface area contributed by atoms with Crippen LogP contribution in [-0.4, -0.2) is 17.1 Å². The minimum atomic E-state index is 0.0234. The van der Waals surface area contributed by atoms with Crippen LogP contribution < -0.4 is 16.4 Å². The Hall–Kier alpha value is -2.27. The monoisotopic (exact) mass is 272 g/mol. The Kier molecular flexibility index (Phi) is 4.42. The number of aryl methyl sites for hydroxylation is 1. The molecular weight excluding hydrogens is 252 g/mol. The van der Waals surface area contributed by atoms with Gasteiger partial charge in [-0.1, -0.05) is 19.1 Å². The SMILES string of the molecule is CCc1ccc(CO)cc1Nc1cc(NC)c(N)cn1. The average Bonchev–Trinajstić information content (AvgIpc) is 2.49. The summed E-state index contributed by atoms with van der Waals surface area (Å²) in [6.07, 6.45) is 2.53. The van der Waals surface area contributed by atoms with E-state index in [0.29, 0.717) is 11.5 Å². The molecule has 0 bridgehead atoms. The molecule has 5 N–H and O–H groups in total. The van der Waals surface area contributed by atoms with Crippen molar-refractivity contribution in [3.05, 3.63) is 41.6 Å². The van der Waals surface area contributed by atoms with Gasteiger partial charge in [0, 0.05) is 18.8 Å². The van der Waals surface area contributed by atoms with Crippen molar-refractivity contribution in [2.45, 2.75) is 20.0 Å². The van der Waals surface area contributed by atoms with Gasteiger partial charge in [0.1, 0.15) is 5.82 Å². The standard InChI is InChI=1S/C15H20N4O/c1-3-11-5-4-10(9-20)6-13(11)19-15-7-14(17-2)12(16)8-18-15/h4-8,20H,3,9,16H2,1-2H3,(H2,17,18,19). The highest BCUT2D eigenvalue weighted by molar-refractivity contribution is 5.71. The zero-order valence-corrected chi connectivity index (χ0v) is 11.8. The van der Waals surface area contributed by atoms with E-state index in [1.54, 1.807) is 6.20 Å². The largest absolute Gasteiger partial charge is 0.396 e. The summed E-state index contributed by atoms with van der Waals surface area (Å²) >= 11 is 0. The molecule has 5 heteroatoms. The van der Waals surface area contributed by atoms with Crippen LogP contribution in [0.5, 0.6) is 0 Å². The molecule has 1 aromatic carbocycles. The summed E-state index contributed by atoms with van der Waals surface area (Å²) in [7, 11) is 1.82. The Labute approximate surface area is 118 Å². The topological polar surface area (TPSA) is 83.2 Å². The van der Waals surface area contributed by atoms with Crippen LogP contribution in [0.1, 0.15) is 18.1 Å². The Morgan fingerprint density at radius 2 is 2.05 bits per heavy atom. The lowest BCUT2D eigenvalue weighted by Crippen LogP contribution is -2.02. The highest BCUT2D eigenvalue weighted by Gasteiger charge is 2.06. The van der Waals surface area contributed by atoms with Crippen LogP contribution in [0.3, 0.4) is 0 Å². The molecule has 0 fully saturated rings. The second kappa shape index (κ2) is 6.25. The highest BCUT2D eigenvalue weighted by Crippen LogP contribution is 2.25. The fraction of sp³-hybridized carbons (Fsp3) is 0.267. The number of aliphatic hydroxyl groups excluding tert-OH is 1. The second-order valence-corrected chi connectivity index (χ2v) is 4.53. The number of aromatic nitrogens is 1. The molecule has 106 valence electrons. The average molecular weight is 272 g/mol. The van der Waals surface area contributed by atoms with Gasteiger partial charge in [0.25, 0.3) is 0 Å². The van der Waals surface area contributed by atoms with Gasteiger partial charge in [-0.05, 0) is 23.6 Å². The number of rotatable bonds is 5. The first kappa shape index (κ1) is 14.1. The van der Waals surface area contributed by atoms with E-state index in [9.17, 15) is 5.11 Å². The van der Waals surface area contributed by atoms with Crippen molar-refractivity contribution < 1.29 is 5.11 Å². The number of hydrogen-bond donors (Lipinski definition) is 4. The quantitative estimate of drug-likeness (QED) is 0.672. The third kappa shape index (κ3) is 3.00. The van der Waals surface area contributed by atoms with E-state index >= 15 is 0 Å². The number of pyridine rings is 1. The lowest BCUT2D eigenvalue weighted by Gasteiger charge is -2.13. The van der Waals surface area contributed by atoms with Crippen LogP contribution in [0.4, 0.5) is 22.9 Å². The summed E-state index contributed by atoms with van der Waals surface area (Å²) in [6, 6.07) is 7.75. The Morgan fingerprint density at radius 3 is 2.70 bits per heavy atom. The van der Waals surface area contributed by atoms with Gasteiger partial charge in [0.05, 0.1) is 24.2 Å². The van der Waals surface area contributed by atoms with Crippen molar-refractivity contribution >= 4 is 22.9 Å². The van der Waals surface area contributed by atoms with Crippen LogP contribution in [0.2, 0.25) is 0 Å². The number of benzene rings is 1. The Balaban J connectivity index is 2.33. The van der Waals surface area contributed by atoms with Gasteiger partial charge in [-0.3, -0.25) is 0 Å². The van der Waals surface area contributed by atoms with Gasteiger partial charge in [0.2, 0.25) is 0 Å². The van der Waals surface area contributed by atoms with Crippen LogP contribution >= 0.6 is 0 Å². The van der Waals surface area contributed by atoms with Crippen LogP contribution in [0.15, 0.2) is 30.5 Å². The predicted octanol–water partition coefficient (Wildman–Crippen LogP) is 2.50. The molecule has 0 aliphatic carbocycles. The van der Waals surface area contributed by atoms with E-state index in [2.05, 4.69) is 22.5 Å². The summed E-state index contributed by atoms with van der Waals surface area (Å²) in [6.45, 7) is 2.12. The highest BCUT2D eigenvalue weighted by atomic mass is 16.3. The number of nitrogen functional groups attached to an aromatic ring is 1. The molecule has 0 spiro atoms. The molecule has 0 saturated heterocycles. The summed E-state index contributed by atoms with van der Waals surface area (Å²) in [5.74, 6) is 0.716. The van der Waals surface area contributed by atoms with Crippen molar-refractivity contribution in [1.29, 1.82) is 0 Å². The maximum atomic E-state index is 9.24. The summed E-state index contributed by atoms with van der Waals surface area (Å²) < 4.78 is 0. The molecule has 0 unspecified atom stereocenters. The number of nitrogens with zero attached hydrogens (tertiary/aromatic N) is 1. The molecular formula is C15H20N4O. The summed E-state index contributed by atoms with van der Waals surface area (Å²) in [4.78, 5) is 4.27. The number of anilines is 4. The number of nitrogens with one attached hydrogen (secondary N) is 2. The normalized spacial score (nSPS) is 10.3. The minimum absolute atomic E-state index is 0.0234. The molecule has 1 aromatic heterocycles. The van der Waals surface area contributed by atoms with E-state index in [1.165, 1.54) is 5.56 Å².